The van der Waals surface area contributed by atoms with E-state index in [1.54, 1.807) is 0 Å². The van der Waals surface area contributed by atoms with Gasteiger partial charge >= 0.3 is 0 Å². The third-order valence-electron chi connectivity index (χ3n) is 6.56. The first-order chi connectivity index (χ1) is 14.6. The third kappa shape index (κ3) is 4.14. The summed E-state index contributed by atoms with van der Waals surface area (Å²) in [5.74, 6) is 0. The molecule has 0 aliphatic rings. The highest BCUT2D eigenvalue weighted by Crippen LogP contribution is 2.45. The Bertz CT molecular complexity index is 1110. The van der Waals surface area contributed by atoms with Crippen LogP contribution in [0.2, 0.25) is 0 Å². The van der Waals surface area contributed by atoms with Crippen LogP contribution in [0.15, 0.2) is 42.5 Å². The molecular weight excluding hydrogens is 399 g/mol. The zero-order valence-corrected chi connectivity index (χ0v) is 20.7. The van der Waals surface area contributed by atoms with Gasteiger partial charge in [0.1, 0.15) is 0 Å². The molecule has 0 aromatic heterocycles. The predicted octanol–water partition coefficient (Wildman–Crippen LogP) is 6.94. The van der Waals surface area contributed by atoms with Gasteiger partial charge < -0.3 is 0 Å². The molecule has 0 heterocycles. The van der Waals surface area contributed by atoms with Crippen LogP contribution in [0.3, 0.4) is 0 Å². The van der Waals surface area contributed by atoms with Crippen molar-refractivity contribution in [1.29, 1.82) is 0 Å². The van der Waals surface area contributed by atoms with Crippen molar-refractivity contribution in [2.75, 3.05) is 0 Å². The summed E-state index contributed by atoms with van der Waals surface area (Å²) in [6.07, 6.45) is 0. The smallest absolute Gasteiger partial charge is 0.197 e. The number of carbonyl (C=O) groups is 2. The molecule has 0 spiro atoms. The van der Waals surface area contributed by atoms with E-state index in [2.05, 4.69) is 26.0 Å². The summed E-state index contributed by atoms with van der Waals surface area (Å²) >= 11 is 0. The minimum absolute atomic E-state index is 0.0543. The first-order valence-electron chi connectivity index (χ1n) is 10.6. The summed E-state index contributed by atoms with van der Waals surface area (Å²) in [6.45, 7) is 16.2. The molecule has 0 saturated carbocycles. The van der Waals surface area contributed by atoms with Gasteiger partial charge in [-0.2, -0.15) is 0 Å². The molecule has 0 unspecified atom stereocenters. The van der Waals surface area contributed by atoms with Crippen LogP contribution >= 0.6 is 7.92 Å². The van der Waals surface area contributed by atoms with Gasteiger partial charge in [-0.3, -0.25) is 9.59 Å². The molecule has 0 saturated heterocycles. The van der Waals surface area contributed by atoms with Gasteiger partial charge in [0.05, 0.1) is 7.92 Å². The van der Waals surface area contributed by atoms with E-state index >= 15 is 0 Å². The summed E-state index contributed by atoms with van der Waals surface area (Å²) < 4.78 is 0. The Morgan fingerprint density at radius 1 is 0.548 bits per heavy atom. The van der Waals surface area contributed by atoms with E-state index < -0.39 is 7.92 Å². The normalized spacial score (nSPS) is 11.1. The molecule has 31 heavy (non-hydrogen) atoms. The van der Waals surface area contributed by atoms with Crippen LogP contribution in [-0.2, 0) is 0 Å². The first-order valence-corrected chi connectivity index (χ1v) is 12.0. The maximum atomic E-state index is 14.0. The first kappa shape index (κ1) is 23.1. The van der Waals surface area contributed by atoms with Crippen molar-refractivity contribution in [1.82, 2.24) is 0 Å². The average molecular weight is 431 g/mol. The standard InChI is InChI=1S/C28H31O2P/c1-16-14-18(3)25(22(7)20(16)5)27(29)31(24-12-10-9-11-13-24)28(30)26-19(4)15-17(2)21(6)23(26)8/h9-15H,1-8H3. The number of benzene rings is 3. The number of carbonyl (C=O) groups excluding carboxylic acids is 2. The Morgan fingerprint density at radius 2 is 0.935 bits per heavy atom. The molecule has 3 rings (SSSR count). The number of hydrogen-bond donors (Lipinski definition) is 0. The van der Waals surface area contributed by atoms with Gasteiger partial charge in [-0.1, -0.05) is 42.5 Å². The van der Waals surface area contributed by atoms with E-state index in [-0.39, 0.29) is 11.0 Å². The van der Waals surface area contributed by atoms with E-state index in [9.17, 15) is 9.59 Å². The predicted molar refractivity (Wildman–Crippen MR) is 132 cm³/mol. The van der Waals surface area contributed by atoms with Crippen molar-refractivity contribution in [2.45, 2.75) is 55.4 Å². The monoisotopic (exact) mass is 430 g/mol. The van der Waals surface area contributed by atoms with Crippen LogP contribution in [0.1, 0.15) is 65.2 Å². The lowest BCUT2D eigenvalue weighted by Crippen LogP contribution is -2.19. The lowest BCUT2D eigenvalue weighted by Gasteiger charge is -2.22. The zero-order valence-electron chi connectivity index (χ0n) is 19.8. The minimum Gasteiger partial charge on any atom is -0.288 e. The summed E-state index contributed by atoms with van der Waals surface area (Å²) in [4.78, 5) is 28.1. The van der Waals surface area contributed by atoms with Crippen molar-refractivity contribution in [3.63, 3.8) is 0 Å². The molecule has 160 valence electrons. The zero-order chi connectivity index (χ0) is 23.0. The van der Waals surface area contributed by atoms with Crippen LogP contribution < -0.4 is 5.30 Å². The minimum atomic E-state index is -1.72. The Balaban J connectivity index is 2.26. The van der Waals surface area contributed by atoms with Crippen molar-refractivity contribution in [3.05, 3.63) is 98.1 Å². The number of aryl methyl sites for hydroxylation is 4. The fourth-order valence-corrected chi connectivity index (χ4v) is 6.61. The molecule has 0 bridgehead atoms. The Hall–Kier alpha value is -2.57. The maximum Gasteiger partial charge on any atom is 0.197 e. The molecule has 0 aliphatic carbocycles. The molecule has 0 atom stereocenters. The fraction of sp³-hybridized carbons (Fsp3) is 0.286. The van der Waals surface area contributed by atoms with Crippen molar-refractivity contribution < 1.29 is 9.59 Å². The molecule has 3 heteroatoms. The van der Waals surface area contributed by atoms with E-state index in [4.69, 9.17) is 0 Å². The lowest BCUT2D eigenvalue weighted by molar-refractivity contribution is 0.105. The molecule has 3 aromatic rings. The quantitative estimate of drug-likeness (QED) is 0.411. The second kappa shape index (κ2) is 8.89. The van der Waals surface area contributed by atoms with Gasteiger partial charge in [-0.05, 0) is 105 Å². The third-order valence-corrected chi connectivity index (χ3v) is 8.64. The fourth-order valence-electron chi connectivity index (χ4n) is 4.35. The molecule has 3 aromatic carbocycles. The van der Waals surface area contributed by atoms with Gasteiger partial charge in [0.25, 0.3) is 0 Å². The molecular formula is C28H31O2P. The Labute approximate surface area is 187 Å². The van der Waals surface area contributed by atoms with Gasteiger partial charge in [0, 0.05) is 11.1 Å². The van der Waals surface area contributed by atoms with Crippen LogP contribution in [0.4, 0.5) is 0 Å². The van der Waals surface area contributed by atoms with E-state index in [1.165, 1.54) is 11.1 Å². The Morgan fingerprint density at radius 3 is 1.32 bits per heavy atom. The molecule has 0 fully saturated rings. The van der Waals surface area contributed by atoms with Crippen molar-refractivity contribution in [3.8, 4) is 0 Å². The van der Waals surface area contributed by atoms with Gasteiger partial charge in [-0.15, -0.1) is 0 Å². The van der Waals surface area contributed by atoms with Gasteiger partial charge in [0.2, 0.25) is 0 Å². The second-order valence-corrected chi connectivity index (χ2v) is 10.6. The van der Waals surface area contributed by atoms with E-state index in [1.807, 2.05) is 71.9 Å². The van der Waals surface area contributed by atoms with Crippen LogP contribution in [0.5, 0.6) is 0 Å². The molecule has 0 N–H and O–H groups in total. The molecule has 2 nitrogen and oxygen atoms in total. The topological polar surface area (TPSA) is 34.1 Å². The Kier molecular flexibility index (Phi) is 6.62. The van der Waals surface area contributed by atoms with Crippen LogP contribution in [0.25, 0.3) is 0 Å². The maximum absolute atomic E-state index is 14.0. The summed E-state index contributed by atoms with van der Waals surface area (Å²) in [7, 11) is -1.72. The molecule has 0 aliphatic heterocycles. The number of hydrogen-bond acceptors (Lipinski definition) is 2. The van der Waals surface area contributed by atoms with E-state index in [0.29, 0.717) is 11.1 Å². The van der Waals surface area contributed by atoms with Gasteiger partial charge in [0.15, 0.2) is 11.0 Å². The molecule has 0 radical (unpaired) electrons. The highest BCUT2D eigenvalue weighted by Gasteiger charge is 2.34. The molecule has 0 amide bonds. The summed E-state index contributed by atoms with van der Waals surface area (Å²) in [6, 6.07) is 13.7. The lowest BCUT2D eigenvalue weighted by atomic mass is 9.95. The van der Waals surface area contributed by atoms with Crippen molar-refractivity contribution in [2.24, 2.45) is 0 Å². The SMILES string of the molecule is Cc1cc(C)c(C(=O)P(C(=O)c2c(C)cc(C)c(C)c2C)c2ccccc2)c(C)c1C. The highest BCUT2D eigenvalue weighted by molar-refractivity contribution is 7.96. The number of rotatable bonds is 5. The van der Waals surface area contributed by atoms with Crippen molar-refractivity contribution >= 4 is 24.3 Å². The largest absolute Gasteiger partial charge is 0.288 e. The average Bonchev–Trinajstić information content (AvgIpc) is 2.71. The van der Waals surface area contributed by atoms with Crippen LogP contribution in [0, 0.1) is 55.4 Å². The van der Waals surface area contributed by atoms with Gasteiger partial charge in [-0.25, -0.2) is 0 Å². The summed E-state index contributed by atoms with van der Waals surface area (Å²) in [5.41, 5.74) is 9.69. The van der Waals surface area contributed by atoms with E-state index in [0.717, 1.165) is 38.7 Å². The van der Waals surface area contributed by atoms with Crippen LogP contribution in [-0.4, -0.2) is 11.0 Å². The second-order valence-electron chi connectivity index (χ2n) is 8.55. The summed E-state index contributed by atoms with van der Waals surface area (Å²) in [5, 5.41) is 0.807. The highest BCUT2D eigenvalue weighted by atomic mass is 31.1.